The predicted molar refractivity (Wildman–Crippen MR) is 153 cm³/mol. The van der Waals surface area contributed by atoms with E-state index < -0.39 is 11.9 Å². The highest BCUT2D eigenvalue weighted by Crippen LogP contribution is 2.29. The summed E-state index contributed by atoms with van der Waals surface area (Å²) in [6.07, 6.45) is 1.85. The van der Waals surface area contributed by atoms with Crippen molar-refractivity contribution in [2.24, 2.45) is 0 Å². The third-order valence-corrected chi connectivity index (χ3v) is 6.62. The second-order valence-corrected chi connectivity index (χ2v) is 9.37. The number of hydrogen-bond acceptors (Lipinski definition) is 7. The number of hydrogen-bond donors (Lipinski definition) is 2. The van der Waals surface area contributed by atoms with E-state index in [1.165, 1.54) is 7.11 Å². The molecule has 1 amide bonds. The van der Waals surface area contributed by atoms with Crippen LogP contribution in [0.1, 0.15) is 40.5 Å². The molecule has 3 aromatic rings. The van der Waals surface area contributed by atoms with Gasteiger partial charge < -0.3 is 24.8 Å². The van der Waals surface area contributed by atoms with Crippen molar-refractivity contribution in [2.75, 3.05) is 58.4 Å². The van der Waals surface area contributed by atoms with E-state index in [1.54, 1.807) is 24.3 Å². The lowest BCUT2D eigenvalue weighted by Gasteiger charge is -2.27. The number of carbonyl (C=O) groups is 2. The number of ether oxygens (including phenoxy) is 3. The molecule has 3 aromatic carbocycles. The Morgan fingerprint density at radius 3 is 2.44 bits per heavy atom. The Labute approximate surface area is 230 Å². The Bertz CT molecular complexity index is 1240. The Hall–Kier alpha value is -3.88. The Kier molecular flexibility index (Phi) is 10.3. The van der Waals surface area contributed by atoms with Crippen molar-refractivity contribution in [3.8, 4) is 22.6 Å². The third-order valence-electron chi connectivity index (χ3n) is 6.62. The number of nitrogens with zero attached hydrogens (tertiary/aromatic N) is 1. The first-order valence-corrected chi connectivity index (χ1v) is 13.5. The fourth-order valence-electron chi connectivity index (χ4n) is 4.39. The molecule has 0 saturated carbocycles. The molecule has 0 aliphatic carbocycles. The lowest BCUT2D eigenvalue weighted by Crippen LogP contribution is -2.44. The molecule has 2 N–H and O–H groups in total. The molecule has 0 unspecified atom stereocenters. The van der Waals surface area contributed by atoms with Gasteiger partial charge in [0.25, 0.3) is 5.91 Å². The number of piperazine rings is 1. The van der Waals surface area contributed by atoms with Gasteiger partial charge in [-0.05, 0) is 47.9 Å². The van der Waals surface area contributed by atoms with Crippen LogP contribution in [0.2, 0.25) is 0 Å². The first-order valence-electron chi connectivity index (χ1n) is 13.5. The van der Waals surface area contributed by atoms with E-state index in [1.807, 2.05) is 42.5 Å². The summed E-state index contributed by atoms with van der Waals surface area (Å²) >= 11 is 0. The van der Waals surface area contributed by atoms with Crippen LogP contribution in [0.3, 0.4) is 0 Å². The molecule has 8 heteroatoms. The molecule has 1 fully saturated rings. The van der Waals surface area contributed by atoms with E-state index in [9.17, 15) is 9.59 Å². The lowest BCUT2D eigenvalue weighted by atomic mass is 10.0. The summed E-state index contributed by atoms with van der Waals surface area (Å²) in [5.74, 6) is 0.123. The zero-order valence-electron chi connectivity index (χ0n) is 22.7. The fourth-order valence-corrected chi connectivity index (χ4v) is 4.39. The maximum Gasteiger partial charge on any atom is 0.339 e. The van der Waals surface area contributed by atoms with Gasteiger partial charge in [0.05, 0.1) is 30.5 Å². The minimum atomic E-state index is -0.533. The van der Waals surface area contributed by atoms with E-state index in [4.69, 9.17) is 14.2 Å². The summed E-state index contributed by atoms with van der Waals surface area (Å²) in [5, 5.41) is 6.27. The van der Waals surface area contributed by atoms with Gasteiger partial charge in [0.1, 0.15) is 18.1 Å². The number of benzene rings is 3. The van der Waals surface area contributed by atoms with Crippen LogP contribution in [0, 0.1) is 0 Å². The van der Waals surface area contributed by atoms with Crippen LogP contribution in [0.4, 0.5) is 5.69 Å². The minimum absolute atomic E-state index is 0.266. The SMILES string of the molecule is CCCCOc1ccc(OCCN2CCNCC2)cc1C(=O)Nc1cc(-c2ccccc2)ccc1C(=O)OC. The highest BCUT2D eigenvalue weighted by molar-refractivity contribution is 6.10. The zero-order chi connectivity index (χ0) is 27.5. The van der Waals surface area contributed by atoms with Crippen LogP contribution in [-0.2, 0) is 4.74 Å². The van der Waals surface area contributed by atoms with Gasteiger partial charge in [0.2, 0.25) is 0 Å². The summed E-state index contributed by atoms with van der Waals surface area (Å²) in [5.41, 5.74) is 2.79. The molecule has 206 valence electrons. The van der Waals surface area contributed by atoms with E-state index >= 15 is 0 Å². The molecule has 1 heterocycles. The molecule has 0 atom stereocenters. The largest absolute Gasteiger partial charge is 0.493 e. The highest BCUT2D eigenvalue weighted by atomic mass is 16.5. The van der Waals surface area contributed by atoms with Crippen LogP contribution in [-0.4, -0.2) is 69.8 Å². The van der Waals surface area contributed by atoms with Crippen LogP contribution in [0.25, 0.3) is 11.1 Å². The molecule has 1 aliphatic rings. The second-order valence-electron chi connectivity index (χ2n) is 9.37. The Morgan fingerprint density at radius 1 is 0.897 bits per heavy atom. The van der Waals surface area contributed by atoms with Crippen molar-refractivity contribution in [1.29, 1.82) is 0 Å². The average molecular weight is 532 g/mol. The summed E-state index contributed by atoms with van der Waals surface area (Å²) in [6.45, 7) is 7.85. The number of anilines is 1. The van der Waals surface area contributed by atoms with Crippen LogP contribution >= 0.6 is 0 Å². The molecular weight excluding hydrogens is 494 g/mol. The van der Waals surface area contributed by atoms with Gasteiger partial charge >= 0.3 is 5.97 Å². The van der Waals surface area contributed by atoms with Crippen molar-refractivity contribution in [1.82, 2.24) is 10.2 Å². The maximum atomic E-state index is 13.6. The summed E-state index contributed by atoms with van der Waals surface area (Å²) in [7, 11) is 1.32. The molecule has 0 bridgehead atoms. The van der Waals surface area contributed by atoms with Gasteiger partial charge in [-0.2, -0.15) is 0 Å². The van der Waals surface area contributed by atoms with Crippen molar-refractivity contribution in [2.45, 2.75) is 19.8 Å². The number of carbonyl (C=O) groups excluding carboxylic acids is 2. The molecule has 39 heavy (non-hydrogen) atoms. The summed E-state index contributed by atoms with van der Waals surface area (Å²) in [6, 6.07) is 20.3. The first kappa shape index (κ1) is 28.1. The summed E-state index contributed by atoms with van der Waals surface area (Å²) in [4.78, 5) is 28.5. The predicted octanol–water partition coefficient (Wildman–Crippen LogP) is 4.86. The molecule has 1 aliphatic heterocycles. The van der Waals surface area contributed by atoms with E-state index in [-0.39, 0.29) is 5.56 Å². The van der Waals surface area contributed by atoms with Crippen molar-refractivity contribution >= 4 is 17.6 Å². The van der Waals surface area contributed by atoms with Crippen LogP contribution in [0.5, 0.6) is 11.5 Å². The number of nitrogens with one attached hydrogen (secondary N) is 2. The third kappa shape index (κ3) is 7.81. The molecule has 4 rings (SSSR count). The topological polar surface area (TPSA) is 89.1 Å². The van der Waals surface area contributed by atoms with E-state index in [0.717, 1.165) is 56.7 Å². The van der Waals surface area contributed by atoms with Gasteiger partial charge in [-0.15, -0.1) is 0 Å². The number of unbranched alkanes of at least 4 members (excludes halogenated alkanes) is 1. The van der Waals surface area contributed by atoms with Crippen LogP contribution < -0.4 is 20.1 Å². The zero-order valence-corrected chi connectivity index (χ0v) is 22.7. The second kappa shape index (κ2) is 14.3. The van der Waals surface area contributed by atoms with Crippen LogP contribution in [0.15, 0.2) is 66.7 Å². The van der Waals surface area contributed by atoms with E-state index in [0.29, 0.717) is 36.0 Å². The highest BCUT2D eigenvalue weighted by Gasteiger charge is 2.20. The number of esters is 1. The molecule has 0 spiro atoms. The summed E-state index contributed by atoms with van der Waals surface area (Å²) < 4.78 is 16.9. The molecular formula is C31H37N3O5. The molecule has 8 nitrogen and oxygen atoms in total. The fraction of sp³-hybridized carbons (Fsp3) is 0.355. The maximum absolute atomic E-state index is 13.6. The quantitative estimate of drug-likeness (QED) is 0.255. The normalized spacial score (nSPS) is 13.5. The van der Waals surface area contributed by atoms with Crippen molar-refractivity contribution in [3.63, 3.8) is 0 Å². The van der Waals surface area contributed by atoms with Gasteiger partial charge in [-0.3, -0.25) is 9.69 Å². The monoisotopic (exact) mass is 531 g/mol. The van der Waals surface area contributed by atoms with Gasteiger partial charge in [-0.1, -0.05) is 49.7 Å². The van der Waals surface area contributed by atoms with Gasteiger partial charge in [0.15, 0.2) is 0 Å². The van der Waals surface area contributed by atoms with Crippen molar-refractivity contribution < 1.29 is 23.8 Å². The Balaban J connectivity index is 1.57. The minimum Gasteiger partial charge on any atom is -0.493 e. The van der Waals surface area contributed by atoms with Gasteiger partial charge in [0, 0.05) is 32.7 Å². The van der Waals surface area contributed by atoms with Gasteiger partial charge in [-0.25, -0.2) is 4.79 Å². The average Bonchev–Trinajstić information content (AvgIpc) is 2.98. The van der Waals surface area contributed by atoms with E-state index in [2.05, 4.69) is 22.5 Å². The van der Waals surface area contributed by atoms with Crippen molar-refractivity contribution in [3.05, 3.63) is 77.9 Å². The standard InChI is InChI=1S/C31H37N3O5/c1-3-4-19-39-29-13-11-25(38-20-18-34-16-14-32-15-17-34)22-27(29)30(35)33-28-21-24(23-8-6-5-7-9-23)10-12-26(28)31(36)37-2/h5-13,21-22,32H,3-4,14-20H2,1-2H3,(H,33,35). The Morgan fingerprint density at radius 2 is 1.69 bits per heavy atom. The lowest BCUT2D eigenvalue weighted by molar-refractivity contribution is 0.0602. The first-order chi connectivity index (χ1) is 19.1. The number of amides is 1. The molecule has 0 aromatic heterocycles. The molecule has 0 radical (unpaired) electrons. The number of methoxy groups -OCH3 is 1. The smallest absolute Gasteiger partial charge is 0.339 e. The number of rotatable bonds is 12. The molecule has 1 saturated heterocycles.